The number of rotatable bonds is 2. The maximum absolute atomic E-state index is 13.8. The highest BCUT2D eigenvalue weighted by Crippen LogP contribution is 2.26. The third kappa shape index (κ3) is 3.35. The van der Waals surface area contributed by atoms with E-state index in [1.54, 1.807) is 12.3 Å². The zero-order chi connectivity index (χ0) is 14.8. The van der Waals surface area contributed by atoms with Crippen LogP contribution in [0.4, 0.5) is 10.1 Å². The van der Waals surface area contributed by atoms with Crippen molar-refractivity contribution >= 4 is 5.69 Å². The number of pyridine rings is 1. The zero-order valence-corrected chi connectivity index (χ0v) is 12.8. The Labute approximate surface area is 125 Å². The molecule has 1 aromatic rings. The van der Waals surface area contributed by atoms with Crippen molar-refractivity contribution in [1.82, 2.24) is 9.88 Å². The van der Waals surface area contributed by atoms with Crippen molar-refractivity contribution < 1.29 is 9.13 Å². The third-order valence-electron chi connectivity index (χ3n) is 4.52. The van der Waals surface area contributed by atoms with Crippen molar-refractivity contribution in [2.24, 2.45) is 0 Å². The van der Waals surface area contributed by atoms with Crippen molar-refractivity contribution in [3.05, 3.63) is 24.3 Å². The second-order valence-corrected chi connectivity index (χ2v) is 6.26. The van der Waals surface area contributed by atoms with Crippen molar-refractivity contribution in [2.45, 2.75) is 44.9 Å². The minimum absolute atomic E-state index is 0.218. The van der Waals surface area contributed by atoms with Gasteiger partial charge in [0.1, 0.15) is 0 Å². The molecule has 5 heteroatoms. The fourth-order valence-corrected chi connectivity index (χ4v) is 3.61. The van der Waals surface area contributed by atoms with Gasteiger partial charge in [-0.25, -0.2) is 4.39 Å². The average Bonchev–Trinajstić information content (AvgIpc) is 2.47. The molecule has 3 heterocycles. The summed E-state index contributed by atoms with van der Waals surface area (Å²) in [6.07, 6.45) is 5.75. The topological polar surface area (TPSA) is 28.6 Å². The van der Waals surface area contributed by atoms with Gasteiger partial charge >= 0.3 is 0 Å². The molecular formula is C16H24FN3O. The van der Waals surface area contributed by atoms with E-state index in [0.717, 1.165) is 39.0 Å². The first-order chi connectivity index (χ1) is 10.1. The summed E-state index contributed by atoms with van der Waals surface area (Å²) in [4.78, 5) is 8.52. The van der Waals surface area contributed by atoms with Crippen LogP contribution in [0.25, 0.3) is 0 Å². The molecule has 2 fully saturated rings. The first kappa shape index (κ1) is 14.7. The minimum atomic E-state index is -0.218. The predicted molar refractivity (Wildman–Crippen MR) is 81.0 cm³/mol. The zero-order valence-electron chi connectivity index (χ0n) is 12.8. The standard InChI is InChI=1S/C16H24FN3O/c1-12-10-20(11-13(2)21-12)14-4-7-19(8-5-14)16-3-6-18-9-15(16)17/h3,6,9,12-14H,4-5,7-8,10-11H2,1-2H3/t12-,13+. The van der Waals surface area contributed by atoms with Gasteiger partial charge in [-0.3, -0.25) is 9.88 Å². The lowest BCUT2D eigenvalue weighted by Crippen LogP contribution is -2.53. The van der Waals surface area contributed by atoms with Crippen molar-refractivity contribution in [3.63, 3.8) is 0 Å². The fourth-order valence-electron chi connectivity index (χ4n) is 3.61. The highest BCUT2D eigenvalue weighted by atomic mass is 19.1. The Morgan fingerprint density at radius 1 is 1.19 bits per heavy atom. The summed E-state index contributed by atoms with van der Waals surface area (Å²) in [5.41, 5.74) is 0.687. The number of piperidine rings is 1. The van der Waals surface area contributed by atoms with E-state index in [-0.39, 0.29) is 5.82 Å². The van der Waals surface area contributed by atoms with Crippen LogP contribution in [0.3, 0.4) is 0 Å². The lowest BCUT2D eigenvalue weighted by molar-refractivity contribution is -0.0826. The van der Waals surface area contributed by atoms with Crippen LogP contribution in [0, 0.1) is 5.82 Å². The molecule has 1 aromatic heterocycles. The molecule has 0 spiro atoms. The first-order valence-corrected chi connectivity index (χ1v) is 7.87. The maximum atomic E-state index is 13.8. The molecule has 2 atom stereocenters. The van der Waals surface area contributed by atoms with Crippen molar-refractivity contribution in [2.75, 3.05) is 31.1 Å². The number of morpholine rings is 1. The smallest absolute Gasteiger partial charge is 0.164 e. The first-order valence-electron chi connectivity index (χ1n) is 7.87. The van der Waals surface area contributed by atoms with E-state index < -0.39 is 0 Å². The normalized spacial score (nSPS) is 28.8. The largest absolute Gasteiger partial charge is 0.373 e. The molecule has 2 aliphatic heterocycles. The number of halogens is 1. The van der Waals surface area contributed by atoms with Crippen LogP contribution in [0.2, 0.25) is 0 Å². The fraction of sp³-hybridized carbons (Fsp3) is 0.688. The van der Waals surface area contributed by atoms with Gasteiger partial charge in [-0.05, 0) is 32.8 Å². The third-order valence-corrected chi connectivity index (χ3v) is 4.52. The highest BCUT2D eigenvalue weighted by Gasteiger charge is 2.30. The Morgan fingerprint density at radius 3 is 2.48 bits per heavy atom. The molecular weight excluding hydrogens is 269 g/mol. The van der Waals surface area contributed by atoms with Gasteiger partial charge in [0.2, 0.25) is 0 Å². The van der Waals surface area contributed by atoms with Gasteiger partial charge in [0.25, 0.3) is 0 Å². The predicted octanol–water partition coefficient (Wildman–Crippen LogP) is 2.30. The van der Waals surface area contributed by atoms with Crippen LogP contribution in [-0.4, -0.2) is 54.3 Å². The summed E-state index contributed by atoms with van der Waals surface area (Å²) < 4.78 is 19.6. The van der Waals surface area contributed by atoms with Crippen LogP contribution >= 0.6 is 0 Å². The number of aromatic nitrogens is 1. The van der Waals surface area contributed by atoms with Crippen molar-refractivity contribution in [3.8, 4) is 0 Å². The van der Waals surface area contributed by atoms with Crippen LogP contribution in [-0.2, 0) is 4.74 Å². The van der Waals surface area contributed by atoms with Gasteiger partial charge < -0.3 is 9.64 Å². The van der Waals surface area contributed by atoms with E-state index in [2.05, 4.69) is 28.6 Å². The quantitative estimate of drug-likeness (QED) is 0.836. The van der Waals surface area contributed by atoms with E-state index in [1.807, 2.05) is 0 Å². The number of hydrogen-bond acceptors (Lipinski definition) is 4. The second kappa shape index (κ2) is 6.28. The van der Waals surface area contributed by atoms with Gasteiger partial charge in [0.05, 0.1) is 24.1 Å². The molecule has 2 saturated heterocycles. The van der Waals surface area contributed by atoms with E-state index >= 15 is 0 Å². The Balaban J connectivity index is 1.59. The van der Waals surface area contributed by atoms with E-state index in [1.165, 1.54) is 6.20 Å². The van der Waals surface area contributed by atoms with Crippen LogP contribution < -0.4 is 4.90 Å². The van der Waals surface area contributed by atoms with E-state index in [4.69, 9.17) is 4.74 Å². The lowest BCUT2D eigenvalue weighted by Gasteiger charge is -2.44. The molecule has 0 radical (unpaired) electrons. The minimum Gasteiger partial charge on any atom is -0.373 e. The summed E-state index contributed by atoms with van der Waals surface area (Å²) in [5.74, 6) is -0.218. The molecule has 4 nitrogen and oxygen atoms in total. The number of hydrogen-bond donors (Lipinski definition) is 0. The Morgan fingerprint density at radius 2 is 1.86 bits per heavy atom. The van der Waals surface area contributed by atoms with Crippen LogP contribution in [0.1, 0.15) is 26.7 Å². The Bertz CT molecular complexity index is 466. The average molecular weight is 293 g/mol. The van der Waals surface area contributed by atoms with Crippen molar-refractivity contribution in [1.29, 1.82) is 0 Å². The SMILES string of the molecule is C[C@@H]1CN(C2CCN(c3ccncc3F)CC2)C[C@H](C)O1. The van der Waals surface area contributed by atoms with Gasteiger partial charge in [-0.1, -0.05) is 0 Å². The molecule has 2 aliphatic rings. The number of anilines is 1. The van der Waals surface area contributed by atoms with Crippen LogP contribution in [0.5, 0.6) is 0 Å². The van der Waals surface area contributed by atoms with Gasteiger partial charge in [-0.15, -0.1) is 0 Å². The molecule has 0 saturated carbocycles. The molecule has 21 heavy (non-hydrogen) atoms. The molecule has 0 N–H and O–H groups in total. The molecule has 0 amide bonds. The van der Waals surface area contributed by atoms with E-state index in [0.29, 0.717) is 23.9 Å². The maximum Gasteiger partial charge on any atom is 0.164 e. The Kier molecular flexibility index (Phi) is 4.40. The summed E-state index contributed by atoms with van der Waals surface area (Å²) in [6.45, 7) is 8.13. The molecule has 0 aliphatic carbocycles. The highest BCUT2D eigenvalue weighted by molar-refractivity contribution is 5.46. The Hall–Kier alpha value is -1.20. The summed E-state index contributed by atoms with van der Waals surface area (Å²) in [7, 11) is 0. The van der Waals surface area contributed by atoms with Gasteiger partial charge in [-0.2, -0.15) is 0 Å². The van der Waals surface area contributed by atoms with Gasteiger partial charge in [0.15, 0.2) is 5.82 Å². The number of ether oxygens (including phenoxy) is 1. The molecule has 0 bridgehead atoms. The molecule has 0 unspecified atom stereocenters. The summed E-state index contributed by atoms with van der Waals surface area (Å²) in [6, 6.07) is 2.37. The summed E-state index contributed by atoms with van der Waals surface area (Å²) >= 11 is 0. The molecule has 3 rings (SSSR count). The lowest BCUT2D eigenvalue weighted by atomic mass is 10.0. The van der Waals surface area contributed by atoms with Gasteiger partial charge in [0, 0.05) is 38.4 Å². The van der Waals surface area contributed by atoms with Crippen LogP contribution in [0.15, 0.2) is 18.5 Å². The monoisotopic (exact) mass is 293 g/mol. The second-order valence-electron chi connectivity index (χ2n) is 6.26. The number of nitrogens with zero attached hydrogens (tertiary/aromatic N) is 3. The molecule has 116 valence electrons. The summed E-state index contributed by atoms with van der Waals surface area (Å²) in [5, 5.41) is 0. The van der Waals surface area contributed by atoms with E-state index in [9.17, 15) is 4.39 Å². The molecule has 0 aromatic carbocycles.